The minimum Gasteiger partial charge on any atom is -0.383 e. The van der Waals surface area contributed by atoms with E-state index in [1.165, 1.54) is 0 Å². The molecule has 1 amide bonds. The van der Waals surface area contributed by atoms with E-state index in [-0.39, 0.29) is 24.4 Å². The molecule has 17 heavy (non-hydrogen) atoms. The zero-order chi connectivity index (χ0) is 12.0. The number of thioether (sulfide) groups is 1. The third-order valence-corrected chi connectivity index (χ3v) is 4.01. The van der Waals surface area contributed by atoms with Crippen LogP contribution in [0.5, 0.6) is 0 Å². The second kappa shape index (κ2) is 9.03. The Hall–Kier alpha value is 0.0300. The summed E-state index contributed by atoms with van der Waals surface area (Å²) in [5.41, 5.74) is 0. The minimum absolute atomic E-state index is 0. The lowest BCUT2D eigenvalue weighted by molar-refractivity contribution is -0.133. The summed E-state index contributed by atoms with van der Waals surface area (Å²) in [6.45, 7) is 3.61. The van der Waals surface area contributed by atoms with Gasteiger partial charge in [-0.2, -0.15) is 11.8 Å². The summed E-state index contributed by atoms with van der Waals surface area (Å²) in [7, 11) is 3.51. The fraction of sp³-hybridized carbons (Fsp3) is 0.909. The number of amides is 1. The predicted octanol–water partition coefficient (Wildman–Crippen LogP) is 0.997. The molecule has 1 N–H and O–H groups in total. The van der Waals surface area contributed by atoms with Crippen molar-refractivity contribution in [3.63, 3.8) is 0 Å². The van der Waals surface area contributed by atoms with Crippen molar-refractivity contribution >= 4 is 30.1 Å². The van der Waals surface area contributed by atoms with Gasteiger partial charge in [0.2, 0.25) is 5.91 Å². The molecule has 0 aromatic carbocycles. The number of rotatable bonds is 5. The first-order valence-electron chi connectivity index (χ1n) is 5.71. The van der Waals surface area contributed by atoms with Gasteiger partial charge in [-0.3, -0.25) is 4.79 Å². The van der Waals surface area contributed by atoms with Crippen molar-refractivity contribution in [1.29, 1.82) is 0 Å². The van der Waals surface area contributed by atoms with E-state index < -0.39 is 0 Å². The highest BCUT2D eigenvalue weighted by atomic mass is 35.5. The van der Waals surface area contributed by atoms with Gasteiger partial charge in [0.1, 0.15) is 0 Å². The van der Waals surface area contributed by atoms with Gasteiger partial charge in [-0.05, 0) is 6.92 Å². The van der Waals surface area contributed by atoms with Crippen LogP contribution in [0.15, 0.2) is 0 Å². The van der Waals surface area contributed by atoms with E-state index in [0.717, 1.165) is 18.1 Å². The Balaban J connectivity index is 0.00000256. The first-order chi connectivity index (χ1) is 7.65. The summed E-state index contributed by atoms with van der Waals surface area (Å²) in [5, 5.41) is 3.38. The second-order valence-corrected chi connectivity index (χ2v) is 5.39. The molecule has 4 nitrogen and oxygen atoms in total. The van der Waals surface area contributed by atoms with Gasteiger partial charge < -0.3 is 15.0 Å². The Kier molecular flexibility index (Phi) is 9.04. The molecule has 0 radical (unpaired) electrons. The van der Waals surface area contributed by atoms with Gasteiger partial charge >= 0.3 is 0 Å². The molecule has 0 spiro atoms. The van der Waals surface area contributed by atoms with Crippen LogP contribution in [0, 0.1) is 0 Å². The monoisotopic (exact) mass is 282 g/mol. The summed E-state index contributed by atoms with van der Waals surface area (Å²) >= 11 is 1.92. The molecule has 1 fully saturated rings. The first kappa shape index (κ1) is 17.0. The molecule has 0 saturated carbocycles. The van der Waals surface area contributed by atoms with Gasteiger partial charge in [-0.1, -0.05) is 0 Å². The van der Waals surface area contributed by atoms with Crippen molar-refractivity contribution in [2.45, 2.75) is 25.4 Å². The standard InChI is InChI=1S/C11H22N2O2S.ClH/c1-9(7-15-3)13(2)11(14)6-10-8-16-5-4-12-10;/h9-10,12H,4-8H2,1-3H3;1H. The van der Waals surface area contributed by atoms with Crippen LogP contribution >= 0.6 is 24.2 Å². The predicted molar refractivity (Wildman–Crippen MR) is 75.1 cm³/mol. The van der Waals surface area contributed by atoms with Crippen LogP contribution in [0.2, 0.25) is 0 Å². The van der Waals surface area contributed by atoms with E-state index in [1.807, 2.05) is 25.7 Å². The number of carbonyl (C=O) groups is 1. The summed E-state index contributed by atoms with van der Waals surface area (Å²) in [6.07, 6.45) is 0.595. The van der Waals surface area contributed by atoms with E-state index in [9.17, 15) is 4.79 Å². The Morgan fingerprint density at radius 3 is 2.88 bits per heavy atom. The maximum Gasteiger partial charge on any atom is 0.224 e. The molecule has 2 unspecified atom stereocenters. The Labute approximate surface area is 114 Å². The zero-order valence-electron chi connectivity index (χ0n) is 10.8. The number of ether oxygens (including phenoxy) is 1. The van der Waals surface area contributed by atoms with Gasteiger partial charge in [-0.15, -0.1) is 12.4 Å². The highest BCUT2D eigenvalue weighted by Gasteiger charge is 2.21. The number of likely N-dealkylation sites (N-methyl/N-ethyl adjacent to an activating group) is 1. The number of hydrogen-bond donors (Lipinski definition) is 1. The fourth-order valence-corrected chi connectivity index (χ4v) is 2.65. The molecule has 0 aromatic heterocycles. The van der Waals surface area contributed by atoms with Crippen molar-refractivity contribution in [3.05, 3.63) is 0 Å². The van der Waals surface area contributed by atoms with Crippen LogP contribution in [0.3, 0.4) is 0 Å². The molecule has 102 valence electrons. The largest absolute Gasteiger partial charge is 0.383 e. The van der Waals surface area contributed by atoms with Gasteiger partial charge in [0, 0.05) is 44.7 Å². The summed E-state index contributed by atoms with van der Waals surface area (Å²) in [6, 6.07) is 0.484. The normalized spacial score (nSPS) is 21.5. The van der Waals surface area contributed by atoms with E-state index in [4.69, 9.17) is 4.74 Å². The molecule has 2 atom stereocenters. The molecule has 1 rings (SSSR count). The smallest absolute Gasteiger partial charge is 0.224 e. The molecule has 1 aliphatic heterocycles. The van der Waals surface area contributed by atoms with E-state index >= 15 is 0 Å². The molecule has 1 heterocycles. The van der Waals surface area contributed by atoms with Crippen LogP contribution in [-0.4, -0.2) is 61.7 Å². The number of nitrogens with zero attached hydrogens (tertiary/aromatic N) is 1. The molecule has 1 saturated heterocycles. The molecule has 0 aromatic rings. The topological polar surface area (TPSA) is 41.6 Å². The van der Waals surface area contributed by atoms with Crippen molar-refractivity contribution in [3.8, 4) is 0 Å². The number of halogens is 1. The van der Waals surface area contributed by atoms with Crippen molar-refractivity contribution in [1.82, 2.24) is 10.2 Å². The number of nitrogens with one attached hydrogen (secondary N) is 1. The van der Waals surface area contributed by atoms with Gasteiger partial charge in [0.25, 0.3) is 0 Å². The molecular formula is C11H23ClN2O2S. The fourth-order valence-electron chi connectivity index (χ4n) is 1.70. The van der Waals surface area contributed by atoms with Crippen LogP contribution in [-0.2, 0) is 9.53 Å². The van der Waals surface area contributed by atoms with E-state index in [1.54, 1.807) is 12.0 Å². The lowest BCUT2D eigenvalue weighted by Gasteiger charge is -2.28. The SMILES string of the molecule is COCC(C)N(C)C(=O)CC1CSCCN1.Cl. The Morgan fingerprint density at radius 1 is 1.65 bits per heavy atom. The lowest BCUT2D eigenvalue weighted by Crippen LogP contribution is -2.44. The molecule has 6 heteroatoms. The summed E-state index contributed by atoms with van der Waals surface area (Å²) < 4.78 is 5.05. The van der Waals surface area contributed by atoms with E-state index in [0.29, 0.717) is 19.1 Å². The lowest BCUT2D eigenvalue weighted by atomic mass is 10.2. The Bertz CT molecular complexity index is 226. The average molecular weight is 283 g/mol. The molecule has 1 aliphatic rings. The number of carbonyl (C=O) groups excluding carboxylic acids is 1. The van der Waals surface area contributed by atoms with Crippen molar-refractivity contribution in [2.24, 2.45) is 0 Å². The number of methoxy groups -OCH3 is 1. The summed E-state index contributed by atoms with van der Waals surface area (Å²) in [4.78, 5) is 13.7. The molecular weight excluding hydrogens is 260 g/mol. The average Bonchev–Trinajstić information content (AvgIpc) is 2.29. The third-order valence-electron chi connectivity index (χ3n) is 2.88. The van der Waals surface area contributed by atoms with Crippen LogP contribution in [0.25, 0.3) is 0 Å². The van der Waals surface area contributed by atoms with Crippen LogP contribution in [0.1, 0.15) is 13.3 Å². The van der Waals surface area contributed by atoms with E-state index in [2.05, 4.69) is 5.32 Å². The van der Waals surface area contributed by atoms with Gasteiger partial charge in [0.15, 0.2) is 0 Å². The van der Waals surface area contributed by atoms with Gasteiger partial charge in [-0.25, -0.2) is 0 Å². The first-order valence-corrected chi connectivity index (χ1v) is 6.86. The van der Waals surface area contributed by atoms with Crippen LogP contribution in [0.4, 0.5) is 0 Å². The highest BCUT2D eigenvalue weighted by molar-refractivity contribution is 7.99. The minimum atomic E-state index is 0. The highest BCUT2D eigenvalue weighted by Crippen LogP contribution is 2.12. The zero-order valence-corrected chi connectivity index (χ0v) is 12.4. The second-order valence-electron chi connectivity index (χ2n) is 4.24. The molecule has 0 aliphatic carbocycles. The quantitative estimate of drug-likeness (QED) is 0.817. The van der Waals surface area contributed by atoms with Crippen molar-refractivity contribution < 1.29 is 9.53 Å². The van der Waals surface area contributed by atoms with Crippen molar-refractivity contribution in [2.75, 3.05) is 38.8 Å². The maximum atomic E-state index is 11.9. The number of hydrogen-bond acceptors (Lipinski definition) is 4. The molecule has 0 bridgehead atoms. The van der Waals surface area contributed by atoms with Gasteiger partial charge in [0.05, 0.1) is 12.6 Å². The third kappa shape index (κ3) is 5.95. The maximum absolute atomic E-state index is 11.9. The summed E-state index contributed by atoms with van der Waals surface area (Å²) in [5.74, 6) is 2.39. The Morgan fingerprint density at radius 2 is 2.35 bits per heavy atom. The van der Waals surface area contributed by atoms with Crippen LogP contribution < -0.4 is 5.32 Å².